The van der Waals surface area contributed by atoms with Gasteiger partial charge >= 0.3 is 0 Å². The van der Waals surface area contributed by atoms with Crippen molar-refractivity contribution in [1.82, 2.24) is 9.97 Å². The highest BCUT2D eigenvalue weighted by molar-refractivity contribution is 5.48. The van der Waals surface area contributed by atoms with Gasteiger partial charge in [0.2, 0.25) is 6.79 Å². The Kier molecular flexibility index (Phi) is 2.80. The molecule has 6 nitrogen and oxygen atoms in total. The largest absolute Gasteiger partial charge is 0.454 e. The number of nitrogens with one attached hydrogen (secondary N) is 1. The minimum Gasteiger partial charge on any atom is -0.454 e. The molecule has 1 aromatic heterocycles. The Hall–Kier alpha value is -2.50. The van der Waals surface area contributed by atoms with Gasteiger partial charge in [0, 0.05) is 18.5 Å². The van der Waals surface area contributed by atoms with Crippen LogP contribution < -0.4 is 20.5 Å². The molecule has 0 spiro atoms. The van der Waals surface area contributed by atoms with E-state index in [4.69, 9.17) is 15.2 Å². The minimum atomic E-state index is 0.291. The second-order valence-corrected chi connectivity index (χ2v) is 5.35. The summed E-state index contributed by atoms with van der Waals surface area (Å²) in [5.41, 5.74) is 6.94. The van der Waals surface area contributed by atoms with Crippen molar-refractivity contribution in [3.63, 3.8) is 0 Å². The number of hydrogen-bond acceptors (Lipinski definition) is 6. The van der Waals surface area contributed by atoms with E-state index in [1.54, 1.807) is 6.07 Å². The number of aromatic nitrogens is 2. The Morgan fingerprint density at radius 1 is 1.14 bits per heavy atom. The van der Waals surface area contributed by atoms with E-state index in [2.05, 4.69) is 15.3 Å². The molecule has 1 aliphatic heterocycles. The molecule has 108 valence electrons. The number of nitrogens with two attached hydrogens (primary N) is 1. The molecule has 4 rings (SSSR count). The summed E-state index contributed by atoms with van der Waals surface area (Å²) in [5, 5.41) is 3.29. The Balaban J connectivity index is 1.49. The standard InChI is InChI=1S/C15H16N4O2/c16-13-6-14(19-15(18-13)10-2-3-10)17-7-9-1-4-11-12(5-9)21-8-20-11/h1,4-6,10H,2-3,7-8H2,(H3,16,17,18,19). The molecule has 1 saturated carbocycles. The molecule has 0 saturated heterocycles. The average molecular weight is 284 g/mol. The van der Waals surface area contributed by atoms with Gasteiger partial charge in [-0.25, -0.2) is 9.97 Å². The fraction of sp³-hybridized carbons (Fsp3) is 0.333. The average Bonchev–Trinajstić information content (AvgIpc) is 3.23. The van der Waals surface area contributed by atoms with Crippen LogP contribution in [0.25, 0.3) is 0 Å². The van der Waals surface area contributed by atoms with Crippen LogP contribution in [-0.4, -0.2) is 16.8 Å². The highest BCUT2D eigenvalue weighted by Gasteiger charge is 2.27. The molecule has 1 fully saturated rings. The van der Waals surface area contributed by atoms with E-state index in [1.807, 2.05) is 18.2 Å². The zero-order chi connectivity index (χ0) is 14.2. The fourth-order valence-corrected chi connectivity index (χ4v) is 2.34. The molecule has 0 radical (unpaired) electrons. The van der Waals surface area contributed by atoms with Crippen LogP contribution in [0.5, 0.6) is 11.5 Å². The highest BCUT2D eigenvalue weighted by atomic mass is 16.7. The summed E-state index contributed by atoms with van der Waals surface area (Å²) in [6.07, 6.45) is 2.32. The number of rotatable bonds is 4. The zero-order valence-corrected chi connectivity index (χ0v) is 11.5. The monoisotopic (exact) mass is 284 g/mol. The first-order chi connectivity index (χ1) is 10.3. The van der Waals surface area contributed by atoms with Gasteiger partial charge in [-0.1, -0.05) is 6.07 Å². The van der Waals surface area contributed by atoms with Crippen molar-refractivity contribution in [1.29, 1.82) is 0 Å². The summed E-state index contributed by atoms with van der Waals surface area (Å²) in [6.45, 7) is 0.941. The van der Waals surface area contributed by atoms with Gasteiger partial charge in [0.25, 0.3) is 0 Å². The van der Waals surface area contributed by atoms with Crippen molar-refractivity contribution in [2.45, 2.75) is 25.3 Å². The maximum atomic E-state index is 5.84. The summed E-state index contributed by atoms with van der Waals surface area (Å²) in [6, 6.07) is 7.66. The Labute approximate surface area is 122 Å². The molecular formula is C15H16N4O2. The molecule has 2 aliphatic rings. The third kappa shape index (κ3) is 2.56. The third-order valence-corrected chi connectivity index (χ3v) is 3.62. The van der Waals surface area contributed by atoms with Crippen LogP contribution in [0.2, 0.25) is 0 Å². The SMILES string of the molecule is Nc1cc(NCc2ccc3c(c2)OCO3)nc(C2CC2)n1. The van der Waals surface area contributed by atoms with Gasteiger partial charge in [-0.15, -0.1) is 0 Å². The second kappa shape index (κ2) is 4.80. The first kappa shape index (κ1) is 12.3. The van der Waals surface area contributed by atoms with E-state index in [0.717, 1.165) is 41.5 Å². The van der Waals surface area contributed by atoms with Crippen molar-refractivity contribution >= 4 is 11.6 Å². The van der Waals surface area contributed by atoms with Crippen molar-refractivity contribution in [3.05, 3.63) is 35.7 Å². The Morgan fingerprint density at radius 3 is 2.86 bits per heavy atom. The van der Waals surface area contributed by atoms with Gasteiger partial charge in [-0.2, -0.15) is 0 Å². The lowest BCUT2D eigenvalue weighted by molar-refractivity contribution is 0.174. The maximum absolute atomic E-state index is 5.84. The normalized spacial score (nSPS) is 16.0. The van der Waals surface area contributed by atoms with Crippen molar-refractivity contribution in [3.8, 4) is 11.5 Å². The molecule has 6 heteroatoms. The molecule has 0 amide bonds. The molecule has 0 unspecified atom stereocenters. The number of hydrogen-bond donors (Lipinski definition) is 2. The van der Waals surface area contributed by atoms with Crippen molar-refractivity contribution < 1.29 is 9.47 Å². The number of nitrogens with zero attached hydrogens (tertiary/aromatic N) is 2. The Morgan fingerprint density at radius 2 is 2.00 bits per heavy atom. The number of ether oxygens (including phenoxy) is 2. The van der Waals surface area contributed by atoms with Crippen LogP contribution in [0.1, 0.15) is 30.1 Å². The maximum Gasteiger partial charge on any atom is 0.231 e. The van der Waals surface area contributed by atoms with E-state index in [9.17, 15) is 0 Å². The molecule has 3 N–H and O–H groups in total. The molecule has 2 aromatic rings. The number of fused-ring (bicyclic) bond motifs is 1. The highest BCUT2D eigenvalue weighted by Crippen LogP contribution is 2.38. The quantitative estimate of drug-likeness (QED) is 0.896. The molecule has 1 aliphatic carbocycles. The van der Waals surface area contributed by atoms with Gasteiger partial charge in [0.1, 0.15) is 17.5 Å². The van der Waals surface area contributed by atoms with Gasteiger partial charge in [-0.05, 0) is 30.5 Å². The van der Waals surface area contributed by atoms with Gasteiger partial charge in [0.15, 0.2) is 11.5 Å². The first-order valence-electron chi connectivity index (χ1n) is 7.05. The smallest absolute Gasteiger partial charge is 0.231 e. The molecule has 21 heavy (non-hydrogen) atoms. The number of anilines is 2. The minimum absolute atomic E-state index is 0.291. The summed E-state index contributed by atoms with van der Waals surface area (Å²) in [5.74, 6) is 4.20. The van der Waals surface area contributed by atoms with Crippen LogP contribution in [0.4, 0.5) is 11.6 Å². The lowest BCUT2D eigenvalue weighted by Gasteiger charge is -2.08. The second-order valence-electron chi connectivity index (χ2n) is 5.35. The van der Waals surface area contributed by atoms with E-state index < -0.39 is 0 Å². The number of benzene rings is 1. The molecule has 1 aromatic carbocycles. The van der Waals surface area contributed by atoms with E-state index >= 15 is 0 Å². The number of nitrogen functional groups attached to an aromatic ring is 1. The summed E-state index contributed by atoms with van der Waals surface area (Å²) in [7, 11) is 0. The third-order valence-electron chi connectivity index (χ3n) is 3.62. The lowest BCUT2D eigenvalue weighted by atomic mass is 10.2. The lowest BCUT2D eigenvalue weighted by Crippen LogP contribution is -2.06. The van der Waals surface area contributed by atoms with E-state index in [-0.39, 0.29) is 0 Å². The van der Waals surface area contributed by atoms with E-state index in [1.165, 1.54) is 0 Å². The van der Waals surface area contributed by atoms with Crippen LogP contribution in [0, 0.1) is 0 Å². The molecular weight excluding hydrogens is 268 g/mol. The fourth-order valence-electron chi connectivity index (χ4n) is 2.34. The van der Waals surface area contributed by atoms with E-state index in [0.29, 0.717) is 25.1 Å². The first-order valence-corrected chi connectivity index (χ1v) is 7.05. The summed E-state index contributed by atoms with van der Waals surface area (Å²) in [4.78, 5) is 8.81. The molecule has 0 bridgehead atoms. The molecule has 0 atom stereocenters. The predicted molar refractivity (Wildman–Crippen MR) is 78.3 cm³/mol. The van der Waals surface area contributed by atoms with Crippen molar-refractivity contribution in [2.75, 3.05) is 17.8 Å². The summed E-state index contributed by atoms with van der Waals surface area (Å²) >= 11 is 0. The van der Waals surface area contributed by atoms with Crippen LogP contribution >= 0.6 is 0 Å². The van der Waals surface area contributed by atoms with Crippen LogP contribution in [0.15, 0.2) is 24.3 Å². The van der Waals surface area contributed by atoms with Gasteiger partial charge in [-0.3, -0.25) is 0 Å². The zero-order valence-electron chi connectivity index (χ0n) is 11.5. The van der Waals surface area contributed by atoms with Crippen LogP contribution in [-0.2, 0) is 6.54 Å². The Bertz CT molecular complexity index is 685. The van der Waals surface area contributed by atoms with Gasteiger partial charge < -0.3 is 20.5 Å². The predicted octanol–water partition coefficient (Wildman–Crippen LogP) is 2.28. The van der Waals surface area contributed by atoms with Crippen molar-refractivity contribution in [2.24, 2.45) is 0 Å². The van der Waals surface area contributed by atoms with Crippen LogP contribution in [0.3, 0.4) is 0 Å². The molecule has 2 heterocycles. The topological polar surface area (TPSA) is 82.3 Å². The van der Waals surface area contributed by atoms with Gasteiger partial charge in [0.05, 0.1) is 0 Å². The summed E-state index contributed by atoms with van der Waals surface area (Å²) < 4.78 is 10.7.